The van der Waals surface area contributed by atoms with Crippen molar-refractivity contribution in [3.63, 3.8) is 0 Å². The van der Waals surface area contributed by atoms with Crippen molar-refractivity contribution in [2.45, 2.75) is 20.1 Å². The van der Waals surface area contributed by atoms with E-state index in [4.69, 9.17) is 4.84 Å². The van der Waals surface area contributed by atoms with Crippen LogP contribution in [0.15, 0.2) is 59.9 Å². The molecule has 0 amide bonds. The minimum atomic E-state index is -0.307. The summed E-state index contributed by atoms with van der Waals surface area (Å²) in [6, 6.07) is 11.1. The highest BCUT2D eigenvalue weighted by molar-refractivity contribution is 5.90. The maximum absolute atomic E-state index is 12.7. The van der Waals surface area contributed by atoms with Gasteiger partial charge >= 0.3 is 0 Å². The summed E-state index contributed by atoms with van der Waals surface area (Å²) < 4.78 is 1.22. The summed E-state index contributed by atoms with van der Waals surface area (Å²) in [6.07, 6.45) is 4.85. The van der Waals surface area contributed by atoms with Crippen LogP contribution in [0.25, 0.3) is 11.0 Å². The van der Waals surface area contributed by atoms with Gasteiger partial charge in [-0.1, -0.05) is 30.3 Å². The van der Waals surface area contributed by atoms with Gasteiger partial charge < -0.3 is 15.1 Å². The van der Waals surface area contributed by atoms with E-state index in [1.165, 1.54) is 17.1 Å². The Morgan fingerprint density at radius 2 is 2.04 bits per heavy atom. The van der Waals surface area contributed by atoms with Crippen LogP contribution >= 0.6 is 0 Å². The number of fused-ring (bicyclic) bond motifs is 1. The van der Waals surface area contributed by atoms with Gasteiger partial charge in [0.1, 0.15) is 18.8 Å². The van der Waals surface area contributed by atoms with Crippen molar-refractivity contribution in [3.05, 3.63) is 82.6 Å². The van der Waals surface area contributed by atoms with E-state index in [1.54, 1.807) is 12.4 Å². The number of benzene rings is 1. The summed E-state index contributed by atoms with van der Waals surface area (Å²) in [5, 5.41) is 3.96. The van der Waals surface area contributed by atoms with Gasteiger partial charge in [-0.2, -0.15) is 0 Å². The normalized spacial score (nSPS) is 10.9. The van der Waals surface area contributed by atoms with Gasteiger partial charge in [-0.05, 0) is 12.5 Å². The number of aromatic nitrogens is 5. The lowest BCUT2D eigenvalue weighted by molar-refractivity contribution is 0.0979. The maximum Gasteiger partial charge on any atom is 0.287 e. The maximum atomic E-state index is 12.7. The molecular formula is C19H18N6O2. The largest absolute Gasteiger partial charge is 0.404 e. The van der Waals surface area contributed by atoms with Gasteiger partial charge in [0.15, 0.2) is 5.65 Å². The highest BCUT2D eigenvalue weighted by Gasteiger charge is 2.14. The lowest BCUT2D eigenvalue weighted by Crippen LogP contribution is -2.28. The summed E-state index contributed by atoms with van der Waals surface area (Å²) in [4.78, 5) is 34.2. The zero-order valence-electron chi connectivity index (χ0n) is 14.7. The number of nitrogens with zero attached hydrogens (tertiary/aromatic N) is 4. The topological polar surface area (TPSA) is 97.7 Å². The average molecular weight is 362 g/mol. The first-order chi connectivity index (χ1) is 13.2. The van der Waals surface area contributed by atoms with Crippen molar-refractivity contribution < 1.29 is 4.84 Å². The van der Waals surface area contributed by atoms with E-state index in [0.717, 1.165) is 22.5 Å². The third-order valence-electron chi connectivity index (χ3n) is 4.15. The molecule has 136 valence electrons. The van der Waals surface area contributed by atoms with E-state index >= 15 is 0 Å². The predicted octanol–water partition coefficient (Wildman–Crippen LogP) is 2.06. The second kappa shape index (κ2) is 7.28. The highest BCUT2D eigenvalue weighted by atomic mass is 16.7. The van der Waals surface area contributed by atoms with Crippen molar-refractivity contribution >= 4 is 16.7 Å². The Kier molecular flexibility index (Phi) is 4.52. The van der Waals surface area contributed by atoms with Gasteiger partial charge in [0.25, 0.3) is 5.56 Å². The number of aryl methyl sites for hydroxylation is 1. The molecule has 8 nitrogen and oxygen atoms in total. The molecule has 0 aliphatic rings. The Balaban J connectivity index is 1.70. The summed E-state index contributed by atoms with van der Waals surface area (Å²) in [5.74, 6) is 0.766. The van der Waals surface area contributed by atoms with Crippen LogP contribution in [0.2, 0.25) is 0 Å². The fourth-order valence-electron chi connectivity index (χ4n) is 2.84. The van der Waals surface area contributed by atoms with E-state index in [-0.39, 0.29) is 12.2 Å². The molecule has 0 radical (unpaired) electrons. The fourth-order valence-corrected chi connectivity index (χ4v) is 2.84. The molecule has 0 aliphatic carbocycles. The molecule has 0 saturated heterocycles. The number of hydrogen-bond donors (Lipinski definition) is 2. The molecule has 1 aromatic carbocycles. The molecular weight excluding hydrogens is 344 g/mol. The lowest BCUT2D eigenvalue weighted by atomic mass is 10.2. The molecule has 4 rings (SSSR count). The zero-order valence-corrected chi connectivity index (χ0v) is 14.7. The van der Waals surface area contributed by atoms with Crippen LogP contribution in [-0.2, 0) is 13.2 Å². The molecule has 27 heavy (non-hydrogen) atoms. The molecule has 2 N–H and O–H groups in total. The van der Waals surface area contributed by atoms with Crippen LogP contribution in [0.4, 0.5) is 5.69 Å². The SMILES string of the molecule is Cc1ncnc2c1c(NCc1ncc[nH]1)cc(=O)n2OCc1ccccc1. The number of pyridine rings is 1. The summed E-state index contributed by atoms with van der Waals surface area (Å²) in [7, 11) is 0. The van der Waals surface area contributed by atoms with Crippen LogP contribution in [0.5, 0.6) is 0 Å². The van der Waals surface area contributed by atoms with E-state index in [0.29, 0.717) is 17.9 Å². The van der Waals surface area contributed by atoms with Crippen molar-refractivity contribution in [2.75, 3.05) is 5.32 Å². The smallest absolute Gasteiger partial charge is 0.287 e. The molecule has 0 saturated carbocycles. The standard InChI is InChI=1S/C19H18N6O2/c1-13-18-15(22-10-16-20-7-8-21-16)9-17(26)25(19(18)24-12-23-13)27-11-14-5-3-2-4-6-14/h2-9,12,22H,10-11H2,1H3,(H,20,21). The van der Waals surface area contributed by atoms with Gasteiger partial charge in [-0.3, -0.25) is 4.79 Å². The fraction of sp³-hybridized carbons (Fsp3) is 0.158. The third-order valence-corrected chi connectivity index (χ3v) is 4.15. The van der Waals surface area contributed by atoms with E-state index in [1.807, 2.05) is 37.3 Å². The van der Waals surface area contributed by atoms with E-state index in [2.05, 4.69) is 25.3 Å². The van der Waals surface area contributed by atoms with Crippen LogP contribution < -0.4 is 15.7 Å². The number of rotatable bonds is 6. The monoisotopic (exact) mass is 362 g/mol. The number of hydrogen-bond acceptors (Lipinski definition) is 6. The second-order valence-electron chi connectivity index (χ2n) is 6.00. The van der Waals surface area contributed by atoms with Crippen molar-refractivity contribution in [1.82, 2.24) is 24.7 Å². The minimum Gasteiger partial charge on any atom is -0.404 e. The van der Waals surface area contributed by atoms with Crippen LogP contribution in [0, 0.1) is 6.92 Å². The third kappa shape index (κ3) is 3.50. The molecule has 0 atom stereocenters. The van der Waals surface area contributed by atoms with Gasteiger partial charge in [-0.25, -0.2) is 15.0 Å². The number of imidazole rings is 1. The molecule has 0 spiro atoms. The summed E-state index contributed by atoms with van der Waals surface area (Å²) >= 11 is 0. The Labute approximate surface area is 154 Å². The first-order valence-corrected chi connectivity index (χ1v) is 8.49. The molecule has 3 aromatic heterocycles. The molecule has 4 aromatic rings. The Morgan fingerprint density at radius 1 is 1.19 bits per heavy atom. The second-order valence-corrected chi connectivity index (χ2v) is 6.00. The zero-order chi connectivity index (χ0) is 18.6. The van der Waals surface area contributed by atoms with Crippen LogP contribution in [0.1, 0.15) is 17.1 Å². The minimum absolute atomic E-state index is 0.262. The average Bonchev–Trinajstić information content (AvgIpc) is 3.20. The number of aromatic amines is 1. The van der Waals surface area contributed by atoms with Crippen molar-refractivity contribution in [1.29, 1.82) is 0 Å². The number of anilines is 1. The number of H-pyrrole nitrogens is 1. The van der Waals surface area contributed by atoms with Gasteiger partial charge in [-0.15, -0.1) is 4.73 Å². The molecule has 0 fully saturated rings. The molecule has 0 unspecified atom stereocenters. The molecule has 8 heteroatoms. The quantitative estimate of drug-likeness (QED) is 0.545. The van der Waals surface area contributed by atoms with Crippen molar-refractivity contribution in [2.24, 2.45) is 0 Å². The lowest BCUT2D eigenvalue weighted by Gasteiger charge is -2.15. The molecule has 3 heterocycles. The summed E-state index contributed by atoms with van der Waals surface area (Å²) in [6.45, 7) is 2.58. The van der Waals surface area contributed by atoms with Crippen molar-refractivity contribution in [3.8, 4) is 0 Å². The van der Waals surface area contributed by atoms with Gasteiger partial charge in [0, 0.05) is 18.5 Å². The van der Waals surface area contributed by atoms with Crippen LogP contribution in [0.3, 0.4) is 0 Å². The highest BCUT2D eigenvalue weighted by Crippen LogP contribution is 2.22. The van der Waals surface area contributed by atoms with E-state index in [9.17, 15) is 4.79 Å². The Morgan fingerprint density at radius 3 is 2.81 bits per heavy atom. The molecule has 0 aliphatic heterocycles. The summed E-state index contributed by atoms with van der Waals surface area (Å²) in [5.41, 5.74) is 2.47. The van der Waals surface area contributed by atoms with Crippen LogP contribution in [-0.4, -0.2) is 24.7 Å². The molecule has 0 bridgehead atoms. The van der Waals surface area contributed by atoms with Gasteiger partial charge in [0.2, 0.25) is 0 Å². The van der Waals surface area contributed by atoms with Gasteiger partial charge in [0.05, 0.1) is 23.3 Å². The first-order valence-electron chi connectivity index (χ1n) is 8.49. The predicted molar refractivity (Wildman–Crippen MR) is 101 cm³/mol. The first kappa shape index (κ1) is 16.8. The Hall–Kier alpha value is -3.68. The van der Waals surface area contributed by atoms with E-state index < -0.39 is 0 Å². The number of nitrogens with one attached hydrogen (secondary N) is 2. The Bertz CT molecular complexity index is 1110.